The van der Waals surface area contributed by atoms with Crippen LogP contribution in [0.5, 0.6) is 0 Å². The van der Waals surface area contributed by atoms with Crippen LogP contribution in [0.4, 0.5) is 4.79 Å². The number of aliphatic carboxylic acids is 1. The van der Waals surface area contributed by atoms with Gasteiger partial charge in [0.05, 0.1) is 19.1 Å². The third-order valence-electron chi connectivity index (χ3n) is 5.45. The first kappa shape index (κ1) is 24.2. The minimum absolute atomic E-state index is 0.00873. The Morgan fingerprint density at radius 2 is 1.64 bits per heavy atom. The van der Waals surface area contributed by atoms with Crippen LogP contribution in [-0.4, -0.2) is 66.7 Å². The van der Waals surface area contributed by atoms with Crippen LogP contribution in [0, 0.1) is 0 Å². The number of amides is 2. The van der Waals surface area contributed by atoms with E-state index in [0.717, 1.165) is 22.3 Å². The predicted molar refractivity (Wildman–Crippen MR) is 120 cm³/mol. The molecule has 0 fully saturated rings. The van der Waals surface area contributed by atoms with Crippen molar-refractivity contribution in [1.82, 2.24) is 10.6 Å². The highest BCUT2D eigenvalue weighted by Crippen LogP contribution is 2.44. The molecular weight excluding hydrogens is 428 g/mol. The van der Waals surface area contributed by atoms with Crippen molar-refractivity contribution in [3.63, 3.8) is 0 Å². The van der Waals surface area contributed by atoms with E-state index in [1.165, 1.54) is 0 Å². The number of benzene rings is 2. The Bertz CT molecular complexity index is 949. The van der Waals surface area contributed by atoms with Gasteiger partial charge in [-0.2, -0.15) is 0 Å². The molecule has 2 aromatic rings. The molecule has 0 aromatic heterocycles. The van der Waals surface area contributed by atoms with Crippen LogP contribution in [0.1, 0.15) is 30.4 Å². The predicted octanol–water partition coefficient (Wildman–Crippen LogP) is 1.88. The largest absolute Gasteiger partial charge is 0.480 e. The quantitative estimate of drug-likeness (QED) is 0.406. The number of ether oxygens (including phenoxy) is 2. The molecule has 2 unspecified atom stereocenters. The molecule has 4 N–H and O–H groups in total. The van der Waals surface area contributed by atoms with Crippen LogP contribution in [-0.2, 0) is 19.1 Å². The molecule has 0 saturated heterocycles. The molecule has 33 heavy (non-hydrogen) atoms. The molecule has 3 rings (SSSR count). The first-order chi connectivity index (χ1) is 15.9. The standard InChI is InChI=1S/C24H28N2O7/c1-2-32-15(11-22(28)26-21(13-27)23(29)30)12-25-24(31)33-14-20-18-9-5-3-7-16(18)17-8-4-6-10-19(17)20/h3-10,15,20-21,27H,2,11-14H2,1H3,(H,25,31)(H,26,28)(H,29,30). The maximum absolute atomic E-state index is 12.3. The Kier molecular flexibility index (Phi) is 8.39. The lowest BCUT2D eigenvalue weighted by Gasteiger charge is -2.19. The average Bonchev–Trinajstić information content (AvgIpc) is 3.13. The molecule has 1 aliphatic carbocycles. The maximum Gasteiger partial charge on any atom is 0.407 e. The Labute approximate surface area is 191 Å². The molecule has 2 aromatic carbocycles. The Balaban J connectivity index is 1.53. The van der Waals surface area contributed by atoms with Crippen LogP contribution in [0.25, 0.3) is 11.1 Å². The summed E-state index contributed by atoms with van der Waals surface area (Å²) in [5, 5.41) is 22.8. The number of hydrogen-bond donors (Lipinski definition) is 4. The fourth-order valence-electron chi connectivity index (χ4n) is 3.92. The maximum atomic E-state index is 12.3. The molecule has 1 aliphatic rings. The van der Waals surface area contributed by atoms with Crippen molar-refractivity contribution in [2.45, 2.75) is 31.4 Å². The highest BCUT2D eigenvalue weighted by Gasteiger charge is 2.29. The number of carbonyl (C=O) groups is 3. The Morgan fingerprint density at radius 3 is 2.18 bits per heavy atom. The van der Waals surface area contributed by atoms with Gasteiger partial charge in [-0.1, -0.05) is 48.5 Å². The molecule has 176 valence electrons. The third kappa shape index (κ3) is 6.09. The number of fused-ring (bicyclic) bond motifs is 3. The summed E-state index contributed by atoms with van der Waals surface area (Å²) in [4.78, 5) is 35.3. The van der Waals surface area contributed by atoms with Gasteiger partial charge in [0.2, 0.25) is 5.91 Å². The molecule has 0 radical (unpaired) electrons. The van der Waals surface area contributed by atoms with Crippen LogP contribution >= 0.6 is 0 Å². The van der Waals surface area contributed by atoms with Crippen molar-refractivity contribution in [2.75, 3.05) is 26.4 Å². The van der Waals surface area contributed by atoms with Crippen molar-refractivity contribution in [3.8, 4) is 11.1 Å². The van der Waals surface area contributed by atoms with Gasteiger partial charge in [0.1, 0.15) is 12.6 Å². The number of aliphatic hydroxyl groups excluding tert-OH is 1. The number of alkyl carbamates (subject to hydrolysis) is 1. The normalized spacial score (nSPS) is 14.0. The zero-order chi connectivity index (χ0) is 23.8. The van der Waals surface area contributed by atoms with Crippen LogP contribution in [0.15, 0.2) is 48.5 Å². The lowest BCUT2D eigenvalue weighted by atomic mass is 9.98. The number of carboxylic acids is 1. The van der Waals surface area contributed by atoms with Gasteiger partial charge in [0.25, 0.3) is 0 Å². The number of rotatable bonds is 11. The van der Waals surface area contributed by atoms with E-state index >= 15 is 0 Å². The minimum Gasteiger partial charge on any atom is -0.480 e. The van der Waals surface area contributed by atoms with Gasteiger partial charge < -0.3 is 30.3 Å². The molecule has 2 amide bonds. The van der Waals surface area contributed by atoms with Crippen molar-refractivity contribution < 1.29 is 34.1 Å². The van der Waals surface area contributed by atoms with Crippen molar-refractivity contribution in [2.24, 2.45) is 0 Å². The molecule has 2 atom stereocenters. The number of aliphatic hydroxyl groups is 1. The minimum atomic E-state index is -1.39. The monoisotopic (exact) mass is 456 g/mol. The second-order valence-electron chi connectivity index (χ2n) is 7.63. The molecule has 9 nitrogen and oxygen atoms in total. The number of nitrogens with one attached hydrogen (secondary N) is 2. The Morgan fingerprint density at radius 1 is 1.03 bits per heavy atom. The van der Waals surface area contributed by atoms with E-state index in [1.807, 2.05) is 36.4 Å². The highest BCUT2D eigenvalue weighted by molar-refractivity contribution is 5.84. The summed E-state index contributed by atoms with van der Waals surface area (Å²) in [7, 11) is 0. The summed E-state index contributed by atoms with van der Waals surface area (Å²) in [5.41, 5.74) is 4.47. The van der Waals surface area contributed by atoms with Crippen molar-refractivity contribution in [1.29, 1.82) is 0 Å². The van der Waals surface area contributed by atoms with E-state index in [0.29, 0.717) is 6.61 Å². The average molecular weight is 456 g/mol. The van der Waals surface area contributed by atoms with E-state index in [2.05, 4.69) is 22.8 Å². The fraction of sp³-hybridized carbons (Fsp3) is 0.375. The second kappa shape index (κ2) is 11.4. The van der Waals surface area contributed by atoms with E-state index in [9.17, 15) is 14.4 Å². The first-order valence-corrected chi connectivity index (χ1v) is 10.8. The van der Waals surface area contributed by atoms with Crippen LogP contribution in [0.2, 0.25) is 0 Å². The lowest BCUT2D eigenvalue weighted by Crippen LogP contribution is -2.45. The number of hydrogen-bond acceptors (Lipinski definition) is 6. The molecule has 0 saturated carbocycles. The fourth-order valence-corrected chi connectivity index (χ4v) is 3.92. The smallest absolute Gasteiger partial charge is 0.407 e. The molecule has 0 spiro atoms. The third-order valence-corrected chi connectivity index (χ3v) is 5.45. The first-order valence-electron chi connectivity index (χ1n) is 10.8. The van der Waals surface area contributed by atoms with Gasteiger partial charge in [-0.3, -0.25) is 4.79 Å². The molecule has 9 heteroatoms. The van der Waals surface area contributed by atoms with Crippen LogP contribution < -0.4 is 10.6 Å². The van der Waals surface area contributed by atoms with E-state index in [-0.39, 0.29) is 25.5 Å². The van der Waals surface area contributed by atoms with Crippen molar-refractivity contribution in [3.05, 3.63) is 59.7 Å². The summed E-state index contributed by atoms with van der Waals surface area (Å²) in [5.74, 6) is -2.01. The highest BCUT2D eigenvalue weighted by atomic mass is 16.5. The van der Waals surface area contributed by atoms with Gasteiger partial charge in [0.15, 0.2) is 0 Å². The van der Waals surface area contributed by atoms with Crippen molar-refractivity contribution >= 4 is 18.0 Å². The summed E-state index contributed by atoms with van der Waals surface area (Å²) in [6.07, 6.45) is -1.49. The molecule has 0 bridgehead atoms. The SMILES string of the molecule is CCOC(CNC(=O)OCC1c2ccccc2-c2ccccc21)CC(=O)NC(CO)C(=O)O. The van der Waals surface area contributed by atoms with E-state index < -0.39 is 36.7 Å². The van der Waals surface area contributed by atoms with Gasteiger partial charge in [0, 0.05) is 19.1 Å². The number of carbonyl (C=O) groups excluding carboxylic acids is 2. The van der Waals surface area contributed by atoms with Gasteiger partial charge >= 0.3 is 12.1 Å². The van der Waals surface area contributed by atoms with E-state index in [4.69, 9.17) is 19.7 Å². The molecule has 0 aliphatic heterocycles. The van der Waals surface area contributed by atoms with Crippen LogP contribution in [0.3, 0.4) is 0 Å². The zero-order valence-corrected chi connectivity index (χ0v) is 18.3. The van der Waals surface area contributed by atoms with Gasteiger partial charge in [-0.25, -0.2) is 9.59 Å². The van der Waals surface area contributed by atoms with Gasteiger partial charge in [-0.05, 0) is 29.2 Å². The summed E-state index contributed by atoms with van der Waals surface area (Å²) >= 11 is 0. The Hall–Kier alpha value is -3.43. The second-order valence-corrected chi connectivity index (χ2v) is 7.63. The lowest BCUT2D eigenvalue weighted by molar-refractivity contribution is -0.143. The zero-order valence-electron chi connectivity index (χ0n) is 18.3. The van der Waals surface area contributed by atoms with E-state index in [1.54, 1.807) is 6.92 Å². The summed E-state index contributed by atoms with van der Waals surface area (Å²) < 4.78 is 10.9. The number of carboxylic acid groups (broad SMARTS) is 1. The summed E-state index contributed by atoms with van der Waals surface area (Å²) in [6.45, 7) is 1.49. The summed E-state index contributed by atoms with van der Waals surface area (Å²) in [6, 6.07) is 14.7. The topological polar surface area (TPSA) is 134 Å². The molecule has 0 heterocycles. The van der Waals surface area contributed by atoms with Gasteiger partial charge in [-0.15, -0.1) is 0 Å². The molecular formula is C24H28N2O7.